The SMILES string of the molecule is OCC[C@@H]1CN(c2ncnc3c2CCNCC3)CCO1. The number of hydrogen-bond donors (Lipinski definition) is 2. The average molecular weight is 278 g/mol. The largest absolute Gasteiger partial charge is 0.396 e. The number of anilines is 1. The summed E-state index contributed by atoms with van der Waals surface area (Å²) in [6.45, 7) is 4.50. The van der Waals surface area contributed by atoms with Crippen molar-refractivity contribution in [3.63, 3.8) is 0 Å². The summed E-state index contributed by atoms with van der Waals surface area (Å²) in [7, 11) is 0. The summed E-state index contributed by atoms with van der Waals surface area (Å²) in [6, 6.07) is 0. The second-order valence-corrected chi connectivity index (χ2v) is 5.32. The van der Waals surface area contributed by atoms with E-state index in [1.165, 1.54) is 11.3 Å². The highest BCUT2D eigenvalue weighted by molar-refractivity contribution is 5.49. The van der Waals surface area contributed by atoms with Gasteiger partial charge in [-0.1, -0.05) is 0 Å². The summed E-state index contributed by atoms with van der Waals surface area (Å²) in [5, 5.41) is 12.5. The molecule has 1 aromatic rings. The predicted octanol–water partition coefficient (Wildman–Crippen LogP) is -0.248. The predicted molar refractivity (Wildman–Crippen MR) is 76.0 cm³/mol. The Hall–Kier alpha value is -1.24. The summed E-state index contributed by atoms with van der Waals surface area (Å²) in [6.07, 6.45) is 4.41. The van der Waals surface area contributed by atoms with Gasteiger partial charge in [0.1, 0.15) is 12.1 Å². The molecule has 0 aromatic carbocycles. The fraction of sp³-hybridized carbons (Fsp3) is 0.714. The van der Waals surface area contributed by atoms with Crippen molar-refractivity contribution in [3.8, 4) is 0 Å². The Morgan fingerprint density at radius 1 is 1.35 bits per heavy atom. The van der Waals surface area contributed by atoms with E-state index in [2.05, 4.69) is 20.2 Å². The maximum absolute atomic E-state index is 9.07. The van der Waals surface area contributed by atoms with E-state index in [1.54, 1.807) is 6.33 Å². The smallest absolute Gasteiger partial charge is 0.135 e. The second-order valence-electron chi connectivity index (χ2n) is 5.32. The van der Waals surface area contributed by atoms with Gasteiger partial charge in [-0.15, -0.1) is 0 Å². The van der Waals surface area contributed by atoms with Crippen molar-refractivity contribution in [1.82, 2.24) is 15.3 Å². The van der Waals surface area contributed by atoms with Crippen LogP contribution in [0.4, 0.5) is 5.82 Å². The first-order chi connectivity index (χ1) is 9.88. The zero-order chi connectivity index (χ0) is 13.8. The van der Waals surface area contributed by atoms with Crippen LogP contribution in [0.15, 0.2) is 6.33 Å². The zero-order valence-electron chi connectivity index (χ0n) is 11.7. The van der Waals surface area contributed by atoms with Gasteiger partial charge >= 0.3 is 0 Å². The fourth-order valence-corrected chi connectivity index (χ4v) is 2.96. The number of aromatic nitrogens is 2. The van der Waals surface area contributed by atoms with Gasteiger partial charge in [-0.05, 0) is 19.4 Å². The lowest BCUT2D eigenvalue weighted by Gasteiger charge is -2.34. The molecule has 0 unspecified atom stereocenters. The second kappa shape index (κ2) is 6.47. The van der Waals surface area contributed by atoms with Gasteiger partial charge in [-0.2, -0.15) is 0 Å². The normalized spacial score (nSPS) is 23.2. The van der Waals surface area contributed by atoms with Gasteiger partial charge in [0.25, 0.3) is 0 Å². The van der Waals surface area contributed by atoms with Crippen LogP contribution < -0.4 is 10.2 Å². The van der Waals surface area contributed by atoms with E-state index in [1.807, 2.05) is 0 Å². The minimum Gasteiger partial charge on any atom is -0.396 e. The van der Waals surface area contributed by atoms with Crippen molar-refractivity contribution in [2.75, 3.05) is 44.3 Å². The minimum atomic E-state index is 0.100. The molecule has 0 radical (unpaired) electrons. The quantitative estimate of drug-likeness (QED) is 0.795. The van der Waals surface area contributed by atoms with Crippen molar-refractivity contribution < 1.29 is 9.84 Å². The summed E-state index contributed by atoms with van der Waals surface area (Å²) in [5.41, 5.74) is 2.45. The van der Waals surface area contributed by atoms with Gasteiger partial charge < -0.3 is 20.1 Å². The third kappa shape index (κ3) is 2.92. The van der Waals surface area contributed by atoms with E-state index >= 15 is 0 Å². The van der Waals surface area contributed by atoms with E-state index in [9.17, 15) is 0 Å². The zero-order valence-corrected chi connectivity index (χ0v) is 11.7. The number of aliphatic hydroxyl groups is 1. The lowest BCUT2D eigenvalue weighted by atomic mass is 10.1. The monoisotopic (exact) mass is 278 g/mol. The Labute approximate surface area is 119 Å². The average Bonchev–Trinajstić information content (AvgIpc) is 2.73. The maximum Gasteiger partial charge on any atom is 0.135 e. The Kier molecular flexibility index (Phi) is 4.44. The topological polar surface area (TPSA) is 70.5 Å². The highest BCUT2D eigenvalue weighted by Crippen LogP contribution is 2.24. The fourth-order valence-electron chi connectivity index (χ4n) is 2.96. The molecule has 6 nitrogen and oxygen atoms in total. The van der Waals surface area contributed by atoms with Gasteiger partial charge in [-0.3, -0.25) is 0 Å². The first kappa shape index (κ1) is 13.7. The van der Waals surface area contributed by atoms with Gasteiger partial charge in [0, 0.05) is 38.2 Å². The lowest BCUT2D eigenvalue weighted by molar-refractivity contribution is 0.0244. The molecular weight excluding hydrogens is 256 g/mol. The number of ether oxygens (including phenoxy) is 1. The molecule has 20 heavy (non-hydrogen) atoms. The van der Waals surface area contributed by atoms with Crippen LogP contribution in [0.3, 0.4) is 0 Å². The Balaban J connectivity index is 1.82. The van der Waals surface area contributed by atoms with Crippen molar-refractivity contribution >= 4 is 5.82 Å². The molecule has 0 aliphatic carbocycles. The molecule has 0 amide bonds. The standard InChI is InChI=1S/C14H22N4O2/c19-7-3-11-9-18(6-8-20-11)14-12-1-4-15-5-2-13(12)16-10-17-14/h10-11,15,19H,1-9H2/t11-/m1/s1. The summed E-state index contributed by atoms with van der Waals surface area (Å²) in [5.74, 6) is 1.06. The Bertz CT molecular complexity index is 453. The summed E-state index contributed by atoms with van der Waals surface area (Å²) < 4.78 is 5.68. The van der Waals surface area contributed by atoms with Crippen molar-refractivity contribution in [3.05, 3.63) is 17.6 Å². The van der Waals surface area contributed by atoms with Crippen LogP contribution in [0.25, 0.3) is 0 Å². The summed E-state index contributed by atoms with van der Waals surface area (Å²) >= 11 is 0. The molecule has 2 aliphatic heterocycles. The molecule has 1 aromatic heterocycles. The van der Waals surface area contributed by atoms with E-state index < -0.39 is 0 Å². The van der Waals surface area contributed by atoms with E-state index in [4.69, 9.17) is 9.84 Å². The molecular formula is C14H22N4O2. The van der Waals surface area contributed by atoms with Gasteiger partial charge in [-0.25, -0.2) is 9.97 Å². The highest BCUT2D eigenvalue weighted by atomic mass is 16.5. The van der Waals surface area contributed by atoms with Gasteiger partial charge in [0.2, 0.25) is 0 Å². The number of nitrogens with zero attached hydrogens (tertiary/aromatic N) is 3. The maximum atomic E-state index is 9.07. The van der Waals surface area contributed by atoms with Crippen molar-refractivity contribution in [2.24, 2.45) is 0 Å². The third-order valence-corrected chi connectivity index (χ3v) is 3.99. The van der Waals surface area contributed by atoms with Crippen LogP contribution in [0.5, 0.6) is 0 Å². The summed E-state index contributed by atoms with van der Waals surface area (Å²) in [4.78, 5) is 11.2. The third-order valence-electron chi connectivity index (χ3n) is 3.99. The first-order valence-electron chi connectivity index (χ1n) is 7.39. The number of aliphatic hydroxyl groups excluding tert-OH is 1. The molecule has 3 rings (SSSR count). The van der Waals surface area contributed by atoms with Crippen LogP contribution in [0, 0.1) is 0 Å². The first-order valence-corrected chi connectivity index (χ1v) is 7.39. The van der Waals surface area contributed by atoms with Crippen molar-refractivity contribution in [2.45, 2.75) is 25.4 Å². The number of nitrogens with one attached hydrogen (secondary N) is 1. The van der Waals surface area contributed by atoms with Gasteiger partial charge in [0.05, 0.1) is 18.4 Å². The molecule has 2 N–H and O–H groups in total. The Morgan fingerprint density at radius 2 is 2.25 bits per heavy atom. The Morgan fingerprint density at radius 3 is 3.15 bits per heavy atom. The van der Waals surface area contributed by atoms with Crippen LogP contribution in [-0.4, -0.2) is 60.6 Å². The molecule has 1 saturated heterocycles. The van der Waals surface area contributed by atoms with Crippen LogP contribution in [0.1, 0.15) is 17.7 Å². The van der Waals surface area contributed by atoms with Crippen LogP contribution in [-0.2, 0) is 17.6 Å². The molecule has 110 valence electrons. The van der Waals surface area contributed by atoms with E-state index in [0.717, 1.165) is 44.8 Å². The van der Waals surface area contributed by atoms with Gasteiger partial charge in [0.15, 0.2) is 0 Å². The molecule has 1 fully saturated rings. The van der Waals surface area contributed by atoms with Crippen LogP contribution >= 0.6 is 0 Å². The molecule has 0 bridgehead atoms. The molecule has 0 saturated carbocycles. The number of hydrogen-bond acceptors (Lipinski definition) is 6. The number of morpholine rings is 1. The number of rotatable bonds is 3. The molecule has 0 spiro atoms. The minimum absolute atomic E-state index is 0.100. The van der Waals surface area contributed by atoms with Crippen molar-refractivity contribution in [1.29, 1.82) is 0 Å². The van der Waals surface area contributed by atoms with E-state index in [-0.39, 0.29) is 12.7 Å². The molecule has 1 atom stereocenters. The van der Waals surface area contributed by atoms with Crippen LogP contribution in [0.2, 0.25) is 0 Å². The highest BCUT2D eigenvalue weighted by Gasteiger charge is 2.24. The molecule has 6 heteroatoms. The number of fused-ring (bicyclic) bond motifs is 1. The molecule has 3 heterocycles. The van der Waals surface area contributed by atoms with E-state index in [0.29, 0.717) is 13.0 Å². The molecule has 2 aliphatic rings. The lowest BCUT2D eigenvalue weighted by Crippen LogP contribution is -2.43.